The highest BCUT2D eigenvalue weighted by Crippen LogP contribution is 2.28. The lowest BCUT2D eigenvalue weighted by molar-refractivity contribution is -0.136. The summed E-state index contributed by atoms with van der Waals surface area (Å²) in [4.78, 5) is 37.6. The molecule has 1 fully saturated rings. The van der Waals surface area contributed by atoms with E-state index in [1.807, 2.05) is 25.2 Å². The van der Waals surface area contributed by atoms with Gasteiger partial charge in [-0.15, -0.1) is 0 Å². The SMILES string of the molecule is CNCCC(C)NCc1ccc2c(c1)CN(C1CCC(=O)NC1=O)C2=O. The van der Waals surface area contributed by atoms with Crippen molar-refractivity contribution in [3.05, 3.63) is 34.9 Å². The number of rotatable bonds is 7. The van der Waals surface area contributed by atoms with E-state index in [1.165, 1.54) is 0 Å². The van der Waals surface area contributed by atoms with Crippen LogP contribution < -0.4 is 16.0 Å². The van der Waals surface area contributed by atoms with Gasteiger partial charge in [0.2, 0.25) is 11.8 Å². The fourth-order valence-electron chi connectivity index (χ4n) is 3.49. The van der Waals surface area contributed by atoms with Crippen molar-refractivity contribution in [1.82, 2.24) is 20.9 Å². The molecule has 0 aromatic heterocycles. The molecule has 7 heteroatoms. The van der Waals surface area contributed by atoms with Crippen molar-refractivity contribution in [3.8, 4) is 0 Å². The van der Waals surface area contributed by atoms with Crippen LogP contribution in [-0.4, -0.2) is 48.3 Å². The molecule has 0 saturated carbocycles. The van der Waals surface area contributed by atoms with E-state index in [-0.39, 0.29) is 24.1 Å². The molecule has 26 heavy (non-hydrogen) atoms. The maximum Gasteiger partial charge on any atom is 0.255 e. The fourth-order valence-corrected chi connectivity index (χ4v) is 3.49. The van der Waals surface area contributed by atoms with Crippen LogP contribution >= 0.6 is 0 Å². The Hall–Kier alpha value is -2.25. The van der Waals surface area contributed by atoms with Crippen LogP contribution in [0.1, 0.15) is 47.7 Å². The van der Waals surface area contributed by atoms with Crippen molar-refractivity contribution in [3.63, 3.8) is 0 Å². The number of hydrogen-bond donors (Lipinski definition) is 3. The van der Waals surface area contributed by atoms with Gasteiger partial charge in [-0.25, -0.2) is 0 Å². The Balaban J connectivity index is 1.64. The molecule has 1 saturated heterocycles. The van der Waals surface area contributed by atoms with Gasteiger partial charge in [-0.1, -0.05) is 12.1 Å². The predicted molar refractivity (Wildman–Crippen MR) is 97.3 cm³/mol. The van der Waals surface area contributed by atoms with Crippen LogP contribution in [-0.2, 0) is 22.7 Å². The number of hydrogen-bond acceptors (Lipinski definition) is 5. The number of benzene rings is 1. The van der Waals surface area contributed by atoms with E-state index in [9.17, 15) is 14.4 Å². The minimum atomic E-state index is -0.559. The number of fused-ring (bicyclic) bond motifs is 1. The van der Waals surface area contributed by atoms with Crippen molar-refractivity contribution in [2.24, 2.45) is 0 Å². The van der Waals surface area contributed by atoms with Crippen molar-refractivity contribution in [1.29, 1.82) is 0 Å². The molecular formula is C19H26N4O3. The van der Waals surface area contributed by atoms with E-state index in [4.69, 9.17) is 0 Å². The molecule has 3 amide bonds. The van der Waals surface area contributed by atoms with Gasteiger partial charge in [0.05, 0.1) is 0 Å². The molecule has 1 aromatic rings. The number of nitrogens with one attached hydrogen (secondary N) is 3. The van der Waals surface area contributed by atoms with Gasteiger partial charge in [0, 0.05) is 31.1 Å². The second-order valence-electron chi connectivity index (χ2n) is 7.07. The van der Waals surface area contributed by atoms with Gasteiger partial charge < -0.3 is 15.5 Å². The first-order valence-electron chi connectivity index (χ1n) is 9.14. The highest BCUT2D eigenvalue weighted by Gasteiger charge is 2.38. The van der Waals surface area contributed by atoms with Crippen molar-refractivity contribution < 1.29 is 14.4 Å². The first kappa shape index (κ1) is 18.5. The lowest BCUT2D eigenvalue weighted by Crippen LogP contribution is -2.52. The van der Waals surface area contributed by atoms with E-state index < -0.39 is 6.04 Å². The first-order chi connectivity index (χ1) is 12.5. The summed E-state index contributed by atoms with van der Waals surface area (Å²) in [7, 11) is 1.94. The number of nitrogens with zero attached hydrogens (tertiary/aromatic N) is 1. The Morgan fingerprint density at radius 1 is 1.31 bits per heavy atom. The summed E-state index contributed by atoms with van der Waals surface area (Å²) < 4.78 is 0. The zero-order chi connectivity index (χ0) is 18.7. The smallest absolute Gasteiger partial charge is 0.255 e. The Morgan fingerprint density at radius 3 is 2.85 bits per heavy atom. The van der Waals surface area contributed by atoms with Crippen LogP contribution in [0, 0.1) is 0 Å². The lowest BCUT2D eigenvalue weighted by atomic mass is 10.0. The van der Waals surface area contributed by atoms with Gasteiger partial charge in [-0.3, -0.25) is 19.7 Å². The van der Waals surface area contributed by atoms with Gasteiger partial charge in [0.15, 0.2) is 0 Å². The monoisotopic (exact) mass is 358 g/mol. The molecule has 3 rings (SSSR count). The summed E-state index contributed by atoms with van der Waals surface area (Å²) in [5.74, 6) is -0.768. The molecule has 2 heterocycles. The van der Waals surface area contributed by atoms with Gasteiger partial charge in [-0.2, -0.15) is 0 Å². The minimum Gasteiger partial charge on any atom is -0.322 e. The summed E-state index contributed by atoms with van der Waals surface area (Å²) in [5, 5.41) is 8.95. The number of piperidine rings is 1. The van der Waals surface area contributed by atoms with E-state index in [1.54, 1.807) is 4.90 Å². The minimum absolute atomic E-state index is 0.128. The Labute approximate surface area is 153 Å². The Bertz CT molecular complexity index is 719. The molecule has 2 aliphatic rings. The van der Waals surface area contributed by atoms with Crippen LogP contribution in [0.4, 0.5) is 0 Å². The molecule has 2 aliphatic heterocycles. The molecule has 2 unspecified atom stereocenters. The number of carbonyl (C=O) groups excluding carboxylic acids is 3. The number of amides is 3. The Morgan fingerprint density at radius 2 is 2.12 bits per heavy atom. The second-order valence-corrected chi connectivity index (χ2v) is 7.07. The molecule has 7 nitrogen and oxygen atoms in total. The maximum absolute atomic E-state index is 12.7. The molecule has 140 valence electrons. The molecule has 0 spiro atoms. The van der Waals surface area contributed by atoms with Gasteiger partial charge in [0.1, 0.15) is 6.04 Å². The second kappa shape index (κ2) is 7.97. The summed E-state index contributed by atoms with van der Waals surface area (Å²) >= 11 is 0. The fraction of sp³-hybridized carbons (Fsp3) is 0.526. The van der Waals surface area contributed by atoms with E-state index >= 15 is 0 Å². The molecule has 3 N–H and O–H groups in total. The zero-order valence-electron chi connectivity index (χ0n) is 15.3. The number of carbonyl (C=O) groups is 3. The molecule has 0 radical (unpaired) electrons. The first-order valence-corrected chi connectivity index (χ1v) is 9.14. The normalized spacial score (nSPS) is 20.9. The summed E-state index contributed by atoms with van der Waals surface area (Å²) in [5.41, 5.74) is 2.72. The van der Waals surface area contributed by atoms with Crippen LogP contribution in [0.3, 0.4) is 0 Å². The average molecular weight is 358 g/mol. The quantitative estimate of drug-likeness (QED) is 0.619. The van der Waals surface area contributed by atoms with E-state index in [0.717, 1.165) is 30.6 Å². The van der Waals surface area contributed by atoms with Crippen LogP contribution in [0.2, 0.25) is 0 Å². The molecule has 0 bridgehead atoms. The standard InChI is InChI=1S/C19H26N4O3/c1-12(7-8-20-2)21-10-13-3-4-15-14(9-13)11-23(19(15)26)16-5-6-17(24)22-18(16)25/h3-4,9,12,16,20-21H,5-8,10-11H2,1-2H3,(H,22,24,25). The topological polar surface area (TPSA) is 90.5 Å². The summed E-state index contributed by atoms with van der Waals surface area (Å²) in [6, 6.07) is 5.69. The molecular weight excluding hydrogens is 332 g/mol. The summed E-state index contributed by atoms with van der Waals surface area (Å²) in [6.45, 7) is 4.28. The van der Waals surface area contributed by atoms with E-state index in [0.29, 0.717) is 24.6 Å². The van der Waals surface area contributed by atoms with Gasteiger partial charge in [0.25, 0.3) is 5.91 Å². The van der Waals surface area contributed by atoms with Crippen LogP contribution in [0.15, 0.2) is 18.2 Å². The third-order valence-corrected chi connectivity index (χ3v) is 5.07. The molecule has 1 aromatic carbocycles. The molecule has 0 aliphatic carbocycles. The highest BCUT2D eigenvalue weighted by molar-refractivity contribution is 6.05. The predicted octanol–water partition coefficient (Wildman–Crippen LogP) is 0.535. The summed E-state index contributed by atoms with van der Waals surface area (Å²) in [6.07, 6.45) is 1.71. The van der Waals surface area contributed by atoms with Gasteiger partial charge >= 0.3 is 0 Å². The van der Waals surface area contributed by atoms with Crippen molar-refractivity contribution in [2.75, 3.05) is 13.6 Å². The Kier molecular flexibility index (Phi) is 5.68. The lowest BCUT2D eigenvalue weighted by Gasteiger charge is -2.29. The molecule has 2 atom stereocenters. The largest absolute Gasteiger partial charge is 0.322 e. The zero-order valence-corrected chi connectivity index (χ0v) is 15.3. The number of imide groups is 1. The maximum atomic E-state index is 12.7. The third kappa shape index (κ3) is 3.94. The highest BCUT2D eigenvalue weighted by atomic mass is 16.2. The van der Waals surface area contributed by atoms with Crippen LogP contribution in [0.5, 0.6) is 0 Å². The average Bonchev–Trinajstić information content (AvgIpc) is 2.94. The van der Waals surface area contributed by atoms with E-state index in [2.05, 4.69) is 22.9 Å². The van der Waals surface area contributed by atoms with Crippen molar-refractivity contribution in [2.45, 2.75) is 51.4 Å². The van der Waals surface area contributed by atoms with Crippen molar-refractivity contribution >= 4 is 17.7 Å². The third-order valence-electron chi connectivity index (χ3n) is 5.07. The van der Waals surface area contributed by atoms with Crippen LogP contribution in [0.25, 0.3) is 0 Å². The van der Waals surface area contributed by atoms with Gasteiger partial charge in [-0.05, 0) is 50.6 Å².